The Morgan fingerprint density at radius 2 is 1.88 bits per heavy atom. The second-order valence-corrected chi connectivity index (χ2v) is 10.9. The van der Waals surface area contributed by atoms with Crippen LogP contribution in [0.2, 0.25) is 5.02 Å². The van der Waals surface area contributed by atoms with Crippen LogP contribution in [0.1, 0.15) is 46.9 Å². The summed E-state index contributed by atoms with van der Waals surface area (Å²) in [4.78, 5) is 22.0. The number of hydrogen-bond acceptors (Lipinski definition) is 6. The lowest BCUT2D eigenvalue weighted by Gasteiger charge is -2.29. The molecule has 0 bridgehead atoms. The van der Waals surface area contributed by atoms with Gasteiger partial charge >= 0.3 is 6.61 Å². The zero-order valence-electron chi connectivity index (χ0n) is 23.5. The van der Waals surface area contributed by atoms with Crippen LogP contribution in [0.3, 0.4) is 0 Å². The van der Waals surface area contributed by atoms with Gasteiger partial charge in [-0.05, 0) is 87.1 Å². The molecule has 12 heteroatoms. The maximum absolute atomic E-state index is 15.0. The molecule has 0 spiro atoms. The number of alkyl halides is 2. The first-order valence-corrected chi connectivity index (χ1v) is 13.9. The van der Waals surface area contributed by atoms with E-state index in [4.69, 9.17) is 16.3 Å². The molecule has 0 aliphatic heterocycles. The van der Waals surface area contributed by atoms with E-state index >= 15 is 4.39 Å². The molecule has 1 aliphatic rings. The van der Waals surface area contributed by atoms with Gasteiger partial charge in [0.05, 0.1) is 23.9 Å². The molecule has 2 aromatic carbocycles. The van der Waals surface area contributed by atoms with Crippen LogP contribution in [0.5, 0.6) is 11.5 Å². The van der Waals surface area contributed by atoms with E-state index in [1.165, 1.54) is 12.3 Å². The Morgan fingerprint density at radius 1 is 1.14 bits per heavy atom. The number of nitrogens with one attached hydrogen (secondary N) is 1. The summed E-state index contributed by atoms with van der Waals surface area (Å²) in [7, 11) is 0. The first kappa shape index (κ1) is 30.5. The first-order chi connectivity index (χ1) is 20.4. The fourth-order valence-corrected chi connectivity index (χ4v) is 5.21. The van der Waals surface area contributed by atoms with Gasteiger partial charge < -0.3 is 19.9 Å². The molecule has 2 aromatic heterocycles. The molecule has 5 rings (SSSR count). The van der Waals surface area contributed by atoms with Crippen molar-refractivity contribution in [1.82, 2.24) is 15.3 Å². The number of carbonyl (C=O) groups is 1. The van der Waals surface area contributed by atoms with Crippen molar-refractivity contribution in [2.24, 2.45) is 5.92 Å². The van der Waals surface area contributed by atoms with Gasteiger partial charge in [0.25, 0.3) is 5.91 Å². The number of ether oxygens (including phenoxy) is 2. The van der Waals surface area contributed by atoms with E-state index in [1.807, 2.05) is 0 Å². The van der Waals surface area contributed by atoms with E-state index in [-0.39, 0.29) is 58.6 Å². The van der Waals surface area contributed by atoms with E-state index in [0.717, 1.165) is 23.8 Å². The summed E-state index contributed by atoms with van der Waals surface area (Å²) < 4.78 is 66.0. The van der Waals surface area contributed by atoms with Crippen molar-refractivity contribution in [1.29, 1.82) is 0 Å². The number of halogens is 5. The van der Waals surface area contributed by atoms with Gasteiger partial charge in [-0.25, -0.2) is 13.8 Å². The third kappa shape index (κ3) is 6.23. The van der Waals surface area contributed by atoms with E-state index < -0.39 is 34.8 Å². The minimum Gasteiger partial charge on any atom is -0.491 e. The molecule has 1 atom stereocenters. The number of hydrogen-bond donors (Lipinski definition) is 2. The zero-order chi connectivity index (χ0) is 31.1. The molecule has 1 saturated carbocycles. The minimum absolute atomic E-state index is 0.0175. The third-order valence-electron chi connectivity index (χ3n) is 7.29. The largest absolute Gasteiger partial charge is 0.491 e. The zero-order valence-corrected chi connectivity index (χ0v) is 24.2. The molecule has 0 radical (unpaired) electrons. The summed E-state index contributed by atoms with van der Waals surface area (Å²) in [6, 6.07) is 7.68. The van der Waals surface area contributed by atoms with Crippen molar-refractivity contribution in [3.05, 3.63) is 81.6 Å². The number of rotatable bonds is 10. The van der Waals surface area contributed by atoms with Crippen LogP contribution in [0.25, 0.3) is 22.2 Å². The molecule has 0 unspecified atom stereocenters. The normalized spacial score (nSPS) is 14.6. The molecular formula is C31H28ClF4N3O4. The summed E-state index contributed by atoms with van der Waals surface area (Å²) in [5.41, 5.74) is -0.354. The average molecular weight is 618 g/mol. The topological polar surface area (TPSA) is 93.6 Å². The number of amides is 1. The van der Waals surface area contributed by atoms with Gasteiger partial charge in [0, 0.05) is 22.7 Å². The van der Waals surface area contributed by atoms with Gasteiger partial charge in [-0.1, -0.05) is 11.6 Å². The van der Waals surface area contributed by atoms with Crippen LogP contribution in [-0.4, -0.2) is 40.7 Å². The molecule has 4 aromatic rings. The van der Waals surface area contributed by atoms with Gasteiger partial charge in [-0.2, -0.15) is 8.78 Å². The van der Waals surface area contributed by atoms with Crippen LogP contribution < -0.4 is 14.8 Å². The fraction of sp³-hybridized carbons (Fsp3) is 0.323. The van der Waals surface area contributed by atoms with E-state index in [9.17, 15) is 23.1 Å². The highest BCUT2D eigenvalue weighted by Crippen LogP contribution is 2.47. The molecule has 0 saturated heterocycles. The van der Waals surface area contributed by atoms with Crippen molar-refractivity contribution in [3.63, 3.8) is 0 Å². The number of benzene rings is 2. The summed E-state index contributed by atoms with van der Waals surface area (Å²) in [6.45, 7) is 1.97. The smallest absolute Gasteiger partial charge is 0.387 e. The summed E-state index contributed by atoms with van der Waals surface area (Å²) in [5, 5.41) is 14.7. The van der Waals surface area contributed by atoms with Crippen molar-refractivity contribution < 1.29 is 36.9 Å². The highest BCUT2D eigenvalue weighted by atomic mass is 35.5. The van der Waals surface area contributed by atoms with Crippen molar-refractivity contribution in [2.45, 2.75) is 45.8 Å². The molecule has 7 nitrogen and oxygen atoms in total. The second-order valence-electron chi connectivity index (χ2n) is 10.5. The fourth-order valence-electron chi connectivity index (χ4n) is 5.06. The summed E-state index contributed by atoms with van der Waals surface area (Å²) >= 11 is 5.76. The standard InChI is InChI=1S/C31H28ClF4N3O4/c1-4-42-28-16(3)8-25(39-27(28)20-11-23(34)21(32)12-22(20)33)31(41,19-5-6-19)14-38-29(40)18-9-17-7-15(2)13-37-26(17)24(10-18)43-30(35)36/h7-13,19,30,41H,4-6,14H2,1-3H3,(H,38,40)/t31-/m1/s1. The van der Waals surface area contributed by atoms with Crippen LogP contribution in [0.15, 0.2) is 42.6 Å². The van der Waals surface area contributed by atoms with Gasteiger partial charge in [-0.15, -0.1) is 0 Å². The number of aryl methyl sites for hydroxylation is 2. The number of fused-ring (bicyclic) bond motifs is 1. The lowest BCUT2D eigenvalue weighted by atomic mass is 9.90. The predicted octanol–water partition coefficient (Wildman–Crippen LogP) is 6.87. The summed E-state index contributed by atoms with van der Waals surface area (Å²) in [6.07, 6.45) is 2.76. The number of aromatic nitrogens is 2. The van der Waals surface area contributed by atoms with Crippen molar-refractivity contribution >= 4 is 28.4 Å². The maximum atomic E-state index is 15.0. The number of carbonyl (C=O) groups excluding carboxylic acids is 1. The molecule has 1 aliphatic carbocycles. The molecule has 1 fully saturated rings. The highest BCUT2D eigenvalue weighted by Gasteiger charge is 2.47. The number of nitrogens with zero attached hydrogens (tertiary/aromatic N) is 2. The SMILES string of the molecule is CCOc1c(C)cc([C@@](O)(CNC(=O)c2cc(OC(F)F)c3ncc(C)cc3c2)C2CC2)nc1-c1cc(F)c(Cl)cc1F. The molecule has 1 amide bonds. The van der Waals surface area contributed by atoms with Crippen LogP contribution in [0, 0.1) is 31.4 Å². The molecular weight excluding hydrogens is 590 g/mol. The molecule has 2 N–H and O–H groups in total. The Morgan fingerprint density at radius 3 is 2.56 bits per heavy atom. The monoisotopic (exact) mass is 617 g/mol. The second kappa shape index (κ2) is 12.0. The van der Waals surface area contributed by atoms with Crippen LogP contribution >= 0.6 is 11.6 Å². The molecule has 43 heavy (non-hydrogen) atoms. The molecule has 226 valence electrons. The van der Waals surface area contributed by atoms with Crippen molar-refractivity contribution in [3.8, 4) is 22.8 Å². The Bertz CT molecular complexity index is 1720. The van der Waals surface area contributed by atoms with Crippen molar-refractivity contribution in [2.75, 3.05) is 13.2 Å². The first-order valence-electron chi connectivity index (χ1n) is 13.6. The maximum Gasteiger partial charge on any atom is 0.387 e. The van der Waals surface area contributed by atoms with Crippen LogP contribution in [-0.2, 0) is 5.60 Å². The van der Waals surface area contributed by atoms with Gasteiger partial charge in [0.15, 0.2) is 5.75 Å². The Balaban J connectivity index is 1.52. The summed E-state index contributed by atoms with van der Waals surface area (Å²) in [5.74, 6) is -2.69. The Hall–Kier alpha value is -3.96. The highest BCUT2D eigenvalue weighted by molar-refractivity contribution is 6.30. The Labute approximate surface area is 249 Å². The van der Waals surface area contributed by atoms with Gasteiger partial charge in [-0.3, -0.25) is 9.78 Å². The average Bonchev–Trinajstić information content (AvgIpc) is 3.80. The van der Waals surface area contributed by atoms with E-state index in [1.54, 1.807) is 32.9 Å². The quantitative estimate of drug-likeness (QED) is 0.149. The number of aliphatic hydroxyl groups is 1. The van der Waals surface area contributed by atoms with E-state index in [2.05, 4.69) is 20.0 Å². The minimum atomic E-state index is -3.13. The Kier molecular flexibility index (Phi) is 8.49. The lowest BCUT2D eigenvalue weighted by Crippen LogP contribution is -2.43. The molecule has 2 heterocycles. The third-order valence-corrected chi connectivity index (χ3v) is 7.58. The number of pyridine rings is 2. The van der Waals surface area contributed by atoms with E-state index in [0.29, 0.717) is 23.8 Å². The van der Waals surface area contributed by atoms with Crippen LogP contribution in [0.4, 0.5) is 17.6 Å². The van der Waals surface area contributed by atoms with Gasteiger partial charge in [0.2, 0.25) is 0 Å². The van der Waals surface area contributed by atoms with Gasteiger partial charge in [0.1, 0.15) is 34.2 Å². The predicted molar refractivity (Wildman–Crippen MR) is 153 cm³/mol. The lowest BCUT2D eigenvalue weighted by molar-refractivity contribution is -0.0489.